The van der Waals surface area contributed by atoms with Crippen LogP contribution in [0.15, 0.2) is 24.4 Å². The van der Waals surface area contributed by atoms with E-state index in [1.54, 1.807) is 26.0 Å². The minimum Gasteiger partial charge on any atom is -0.481 e. The number of benzene rings is 1. The van der Waals surface area contributed by atoms with E-state index in [-0.39, 0.29) is 31.7 Å². The van der Waals surface area contributed by atoms with Crippen LogP contribution in [0.2, 0.25) is 0 Å². The average molecular weight is 384 g/mol. The van der Waals surface area contributed by atoms with E-state index < -0.39 is 19.5 Å². The Bertz CT molecular complexity index is 852. The first-order valence-electron chi connectivity index (χ1n) is 7.95. The second-order valence-corrected chi connectivity index (χ2v) is 7.32. The van der Waals surface area contributed by atoms with Gasteiger partial charge in [0.25, 0.3) is 5.91 Å². The van der Waals surface area contributed by atoms with Gasteiger partial charge in [-0.3, -0.25) is 14.2 Å². The summed E-state index contributed by atoms with van der Waals surface area (Å²) in [4.78, 5) is 22.6. The molecule has 0 aliphatic heterocycles. The number of amides is 1. The molecule has 0 spiro atoms. The van der Waals surface area contributed by atoms with Crippen molar-refractivity contribution in [3.8, 4) is 5.75 Å². The first-order valence-corrected chi connectivity index (χ1v) is 9.68. The summed E-state index contributed by atoms with van der Waals surface area (Å²) in [6.45, 7) is 3.50. The van der Waals surface area contributed by atoms with E-state index >= 15 is 0 Å². The van der Waals surface area contributed by atoms with Crippen molar-refractivity contribution in [2.45, 2.75) is 20.4 Å². The fourth-order valence-corrected chi connectivity index (χ4v) is 3.82. The maximum absolute atomic E-state index is 12.4. The molecule has 0 fully saturated rings. The maximum atomic E-state index is 12.4. The molecule has 0 saturated carbocycles. The molecule has 9 nitrogen and oxygen atoms in total. The van der Waals surface area contributed by atoms with Crippen molar-refractivity contribution in [2.24, 2.45) is 5.73 Å². The van der Waals surface area contributed by atoms with Crippen molar-refractivity contribution in [3.63, 3.8) is 0 Å². The lowest BCUT2D eigenvalue weighted by atomic mass is 10.1. The highest BCUT2D eigenvalue weighted by Crippen LogP contribution is 2.48. The maximum Gasteiger partial charge on any atom is 0.367 e. The highest BCUT2D eigenvalue weighted by Gasteiger charge is 2.25. The number of aromatic nitrogens is 1. The summed E-state index contributed by atoms with van der Waals surface area (Å²) in [5.41, 5.74) is 6.06. The van der Waals surface area contributed by atoms with Gasteiger partial charge >= 0.3 is 13.6 Å². The molecule has 0 atom stereocenters. The molecule has 26 heavy (non-hydrogen) atoms. The minimum absolute atomic E-state index is 0.171. The summed E-state index contributed by atoms with van der Waals surface area (Å²) < 4.78 is 29.7. The Morgan fingerprint density at radius 1 is 1.23 bits per heavy atom. The summed E-state index contributed by atoms with van der Waals surface area (Å²) in [5, 5.41) is 9.43. The van der Waals surface area contributed by atoms with Gasteiger partial charge in [0.05, 0.1) is 18.8 Å². The minimum atomic E-state index is -3.39. The molecule has 1 heterocycles. The van der Waals surface area contributed by atoms with Gasteiger partial charge in [-0.05, 0) is 32.0 Å². The lowest BCUT2D eigenvalue weighted by Gasteiger charge is -2.17. The number of hydrogen-bond acceptors (Lipinski definition) is 6. The smallest absolute Gasteiger partial charge is 0.367 e. The Morgan fingerprint density at radius 3 is 2.42 bits per heavy atom. The highest BCUT2D eigenvalue weighted by molar-refractivity contribution is 7.53. The molecule has 10 heteroatoms. The van der Waals surface area contributed by atoms with E-state index in [4.69, 9.17) is 24.6 Å². The number of carboxylic acid groups (broad SMARTS) is 1. The number of ether oxygens (including phenoxy) is 1. The van der Waals surface area contributed by atoms with Gasteiger partial charge in [0.2, 0.25) is 0 Å². The van der Waals surface area contributed by atoms with Crippen LogP contribution in [0.5, 0.6) is 5.75 Å². The Hall–Kier alpha value is -2.35. The molecule has 0 bridgehead atoms. The van der Waals surface area contributed by atoms with Crippen LogP contribution in [0.4, 0.5) is 0 Å². The van der Waals surface area contributed by atoms with Gasteiger partial charge in [-0.1, -0.05) is 0 Å². The van der Waals surface area contributed by atoms with Gasteiger partial charge in [0, 0.05) is 17.1 Å². The van der Waals surface area contributed by atoms with Crippen LogP contribution in [0.3, 0.4) is 0 Å². The number of rotatable bonds is 10. The molecular formula is C16H21N2O7P. The molecule has 0 aliphatic rings. The first-order chi connectivity index (χ1) is 12.3. The fraction of sp³-hybridized carbons (Fsp3) is 0.375. The number of fused-ring (bicyclic) bond motifs is 1. The number of hydrogen-bond donors (Lipinski definition) is 2. The Labute approximate surface area is 150 Å². The lowest BCUT2D eigenvalue weighted by molar-refractivity contribution is -0.137. The van der Waals surface area contributed by atoms with Crippen molar-refractivity contribution in [2.75, 3.05) is 19.6 Å². The van der Waals surface area contributed by atoms with Gasteiger partial charge in [-0.15, -0.1) is 0 Å². The number of aliphatic carboxylic acids is 1. The molecule has 0 radical (unpaired) electrons. The molecule has 1 amide bonds. The summed E-state index contributed by atoms with van der Waals surface area (Å²) in [7, 11) is -3.39. The van der Waals surface area contributed by atoms with Crippen LogP contribution >= 0.6 is 7.60 Å². The monoisotopic (exact) mass is 384 g/mol. The number of nitrogens with two attached hydrogens (primary N) is 1. The lowest BCUT2D eigenvalue weighted by Crippen LogP contribution is -2.11. The Balaban J connectivity index is 2.32. The third-order valence-corrected chi connectivity index (χ3v) is 5.21. The molecule has 0 unspecified atom stereocenters. The van der Waals surface area contributed by atoms with Crippen LogP contribution in [0, 0.1) is 0 Å². The molecule has 2 rings (SSSR count). The summed E-state index contributed by atoms with van der Waals surface area (Å²) >= 11 is 0. The van der Waals surface area contributed by atoms with Crippen molar-refractivity contribution in [1.82, 2.24) is 4.57 Å². The molecule has 1 aromatic heterocycles. The third-order valence-electron chi connectivity index (χ3n) is 3.46. The molecular weight excluding hydrogens is 363 g/mol. The highest BCUT2D eigenvalue weighted by atomic mass is 31.2. The van der Waals surface area contributed by atoms with Crippen LogP contribution in [-0.4, -0.2) is 41.1 Å². The number of nitrogens with zero attached hydrogens (tertiary/aromatic N) is 1. The van der Waals surface area contributed by atoms with E-state index in [1.165, 1.54) is 16.8 Å². The molecule has 2 aromatic rings. The van der Waals surface area contributed by atoms with Gasteiger partial charge in [-0.2, -0.15) is 0 Å². The molecule has 0 saturated heterocycles. The van der Waals surface area contributed by atoms with E-state index in [0.717, 1.165) is 0 Å². The predicted molar refractivity (Wildman–Crippen MR) is 94.4 cm³/mol. The quantitative estimate of drug-likeness (QED) is 0.602. The van der Waals surface area contributed by atoms with Crippen molar-refractivity contribution < 1.29 is 33.0 Å². The topological polar surface area (TPSA) is 130 Å². The van der Waals surface area contributed by atoms with Crippen LogP contribution in [-0.2, 0) is 25.0 Å². The summed E-state index contributed by atoms with van der Waals surface area (Å²) in [6, 6.07) is 4.72. The van der Waals surface area contributed by atoms with Gasteiger partial charge in [-0.25, -0.2) is 0 Å². The van der Waals surface area contributed by atoms with E-state index in [0.29, 0.717) is 16.7 Å². The Kier molecular flexibility index (Phi) is 6.42. The van der Waals surface area contributed by atoms with Crippen LogP contribution in [0.1, 0.15) is 24.2 Å². The number of carbonyl (C=O) groups is 2. The van der Waals surface area contributed by atoms with E-state index in [2.05, 4.69) is 0 Å². The summed E-state index contributed by atoms with van der Waals surface area (Å²) in [6.07, 6.45) is 1.10. The van der Waals surface area contributed by atoms with Crippen LogP contribution in [0.25, 0.3) is 10.9 Å². The zero-order chi connectivity index (χ0) is 19.3. The molecule has 3 N–H and O–H groups in total. The molecule has 1 aromatic carbocycles. The zero-order valence-corrected chi connectivity index (χ0v) is 15.4. The Morgan fingerprint density at radius 2 is 1.88 bits per heavy atom. The third kappa shape index (κ3) is 4.63. The van der Waals surface area contributed by atoms with E-state index in [1.807, 2.05) is 0 Å². The molecule has 142 valence electrons. The largest absolute Gasteiger partial charge is 0.481 e. The fourth-order valence-electron chi connectivity index (χ4n) is 2.50. The first kappa shape index (κ1) is 20.0. The zero-order valence-electron chi connectivity index (χ0n) is 14.5. The normalized spacial score (nSPS) is 11.6. The second kappa shape index (κ2) is 8.35. The standard InChI is InChI=1S/C16H21N2O7P/c1-3-24-26(22,25-4-2)10-23-11-5-6-14-12(7-11)13(16(17)21)8-18(14)9-15(19)20/h5-8H,3-4,9-10H2,1-2H3,(H2,17,21)(H,19,20). The summed E-state index contributed by atoms with van der Waals surface area (Å²) in [5.74, 6) is -1.41. The van der Waals surface area contributed by atoms with E-state index in [9.17, 15) is 14.2 Å². The number of carboxylic acids is 1. The van der Waals surface area contributed by atoms with Gasteiger partial charge < -0.3 is 29.2 Å². The molecule has 0 aliphatic carbocycles. The average Bonchev–Trinajstić information content (AvgIpc) is 2.91. The van der Waals surface area contributed by atoms with Gasteiger partial charge in [0.15, 0.2) is 6.35 Å². The number of primary amides is 1. The number of carbonyl (C=O) groups excluding carboxylic acids is 1. The van der Waals surface area contributed by atoms with Crippen molar-refractivity contribution >= 4 is 30.4 Å². The second-order valence-electron chi connectivity index (χ2n) is 5.33. The van der Waals surface area contributed by atoms with Crippen molar-refractivity contribution in [3.05, 3.63) is 30.0 Å². The van der Waals surface area contributed by atoms with Crippen LogP contribution < -0.4 is 10.5 Å². The van der Waals surface area contributed by atoms with Crippen molar-refractivity contribution in [1.29, 1.82) is 0 Å². The van der Waals surface area contributed by atoms with Gasteiger partial charge in [0.1, 0.15) is 12.3 Å². The predicted octanol–water partition coefficient (Wildman–Crippen LogP) is 2.43. The SMILES string of the molecule is CCOP(=O)(COc1ccc2c(c1)c(C(N)=O)cn2CC(=O)O)OCC.